The molecule has 2 aromatic rings. The molecular weight excluding hydrogens is 486 g/mol. The van der Waals surface area contributed by atoms with E-state index in [1.807, 2.05) is 30.3 Å². The molecule has 1 fully saturated rings. The summed E-state index contributed by atoms with van der Waals surface area (Å²) in [4.78, 5) is 54.8. The molecule has 0 bridgehead atoms. The largest absolute Gasteiger partial charge is 0.480 e. The van der Waals surface area contributed by atoms with Crippen LogP contribution in [0.5, 0.6) is 0 Å². The highest BCUT2D eigenvalue weighted by Crippen LogP contribution is 2.25. The molecule has 2 aliphatic rings. The second-order valence-electron chi connectivity index (χ2n) is 10.1. The summed E-state index contributed by atoms with van der Waals surface area (Å²) in [6.07, 6.45) is 1.46. The number of hydrogen-bond acceptors (Lipinski definition) is 6. The second kappa shape index (κ2) is 12.8. The average molecular weight is 522 g/mol. The van der Waals surface area contributed by atoms with Crippen LogP contribution in [0.15, 0.2) is 54.6 Å². The number of benzene rings is 2. The summed E-state index contributed by atoms with van der Waals surface area (Å²) >= 11 is 0. The third kappa shape index (κ3) is 7.05. The number of ketones is 1. The summed E-state index contributed by atoms with van der Waals surface area (Å²) in [6.45, 7) is 2.08. The summed E-state index contributed by atoms with van der Waals surface area (Å²) < 4.78 is 0. The fourth-order valence-electron chi connectivity index (χ4n) is 5.13. The number of aliphatic hydroxyl groups is 1. The number of carbonyl (C=O) groups excluding carboxylic acids is 3. The van der Waals surface area contributed by atoms with Gasteiger partial charge in [0.25, 0.3) is 0 Å². The molecule has 0 saturated carbocycles. The van der Waals surface area contributed by atoms with Gasteiger partial charge < -0.3 is 25.3 Å². The molecule has 0 spiro atoms. The van der Waals surface area contributed by atoms with Gasteiger partial charge in [0.05, 0.1) is 6.10 Å². The van der Waals surface area contributed by atoms with Gasteiger partial charge in [0.1, 0.15) is 12.1 Å². The van der Waals surface area contributed by atoms with Crippen molar-refractivity contribution in [3.05, 3.63) is 71.3 Å². The van der Waals surface area contributed by atoms with Crippen LogP contribution in [0.3, 0.4) is 0 Å². The molecule has 0 aliphatic carbocycles. The molecule has 1 saturated heterocycles. The zero-order valence-electron chi connectivity index (χ0n) is 21.4. The number of amides is 2. The zero-order chi connectivity index (χ0) is 27.1. The number of hydrogen-bond donors (Lipinski definition) is 3. The molecule has 0 radical (unpaired) electrons. The minimum atomic E-state index is -1.13. The van der Waals surface area contributed by atoms with Crippen LogP contribution in [0, 0.1) is 0 Å². The number of carboxylic acid groups (broad SMARTS) is 1. The molecule has 202 valence electrons. The Bertz CT molecular complexity index is 1150. The van der Waals surface area contributed by atoms with E-state index in [1.54, 1.807) is 24.3 Å². The third-order valence-electron chi connectivity index (χ3n) is 7.44. The number of Topliss-reactive ketones (excluding diaryl/α,β-unsaturated/α-hetero) is 1. The van der Waals surface area contributed by atoms with Crippen LogP contribution in [0.1, 0.15) is 53.6 Å². The monoisotopic (exact) mass is 521 g/mol. The SMILES string of the molecule is O=C(CCC(=O)N1Cc2ccccc2C[C@H]1C(=O)NC(CCN1CCC(O)CC1)C(=O)O)c1ccccc1. The number of likely N-dealkylation sites (tertiary alicyclic amines) is 1. The Labute approximate surface area is 222 Å². The lowest BCUT2D eigenvalue weighted by Gasteiger charge is -2.37. The fraction of sp³-hybridized carbons (Fsp3) is 0.448. The molecule has 2 aromatic carbocycles. The van der Waals surface area contributed by atoms with E-state index in [2.05, 4.69) is 10.2 Å². The zero-order valence-corrected chi connectivity index (χ0v) is 21.4. The van der Waals surface area contributed by atoms with Gasteiger partial charge in [-0.3, -0.25) is 14.4 Å². The van der Waals surface area contributed by atoms with E-state index in [0.29, 0.717) is 38.0 Å². The quantitative estimate of drug-likeness (QED) is 0.408. The third-order valence-corrected chi connectivity index (χ3v) is 7.44. The Morgan fingerprint density at radius 2 is 1.58 bits per heavy atom. The number of piperidine rings is 1. The summed E-state index contributed by atoms with van der Waals surface area (Å²) in [5.74, 6) is -2.10. The van der Waals surface area contributed by atoms with E-state index in [4.69, 9.17) is 0 Å². The van der Waals surface area contributed by atoms with Crippen molar-refractivity contribution in [2.45, 2.75) is 63.3 Å². The summed E-state index contributed by atoms with van der Waals surface area (Å²) in [6, 6.07) is 14.4. The van der Waals surface area contributed by atoms with Crippen molar-refractivity contribution in [3.8, 4) is 0 Å². The van der Waals surface area contributed by atoms with Crippen molar-refractivity contribution < 1.29 is 29.4 Å². The Morgan fingerprint density at radius 3 is 2.26 bits per heavy atom. The van der Waals surface area contributed by atoms with Crippen molar-refractivity contribution in [2.24, 2.45) is 0 Å². The van der Waals surface area contributed by atoms with Crippen LogP contribution in [-0.2, 0) is 27.3 Å². The number of fused-ring (bicyclic) bond motifs is 1. The molecule has 2 atom stereocenters. The van der Waals surface area contributed by atoms with E-state index >= 15 is 0 Å². The lowest BCUT2D eigenvalue weighted by atomic mass is 9.92. The highest BCUT2D eigenvalue weighted by atomic mass is 16.4. The van der Waals surface area contributed by atoms with Gasteiger partial charge in [-0.15, -0.1) is 0 Å². The van der Waals surface area contributed by atoms with Crippen molar-refractivity contribution >= 4 is 23.6 Å². The predicted molar refractivity (Wildman–Crippen MR) is 140 cm³/mol. The Hall–Kier alpha value is -3.56. The van der Waals surface area contributed by atoms with Gasteiger partial charge in [-0.05, 0) is 30.4 Å². The Balaban J connectivity index is 1.42. The van der Waals surface area contributed by atoms with Gasteiger partial charge in [-0.1, -0.05) is 54.6 Å². The van der Waals surface area contributed by atoms with E-state index in [-0.39, 0.29) is 50.0 Å². The smallest absolute Gasteiger partial charge is 0.326 e. The van der Waals surface area contributed by atoms with Gasteiger partial charge in [0, 0.05) is 51.0 Å². The first-order valence-corrected chi connectivity index (χ1v) is 13.2. The standard InChI is InChI=1S/C29H35N3O6/c33-23-12-15-31(16-13-23)17-14-24(29(37)38)30-28(36)25-18-21-8-4-5-9-22(21)19-32(25)27(35)11-10-26(34)20-6-2-1-3-7-20/h1-9,23-25,33H,10-19H2,(H,30,36)(H,37,38)/t24?,25-/m0/s1. The molecule has 3 N–H and O–H groups in total. The normalized spacial score (nSPS) is 18.9. The number of nitrogens with one attached hydrogen (secondary N) is 1. The number of carbonyl (C=O) groups is 4. The first-order valence-electron chi connectivity index (χ1n) is 13.2. The van der Waals surface area contributed by atoms with Crippen LogP contribution >= 0.6 is 0 Å². The molecule has 4 rings (SSSR count). The lowest BCUT2D eigenvalue weighted by molar-refractivity contribution is -0.145. The molecule has 2 amide bonds. The number of aliphatic hydroxyl groups excluding tert-OH is 1. The van der Waals surface area contributed by atoms with Crippen LogP contribution in [0.25, 0.3) is 0 Å². The highest BCUT2D eigenvalue weighted by Gasteiger charge is 2.36. The maximum atomic E-state index is 13.4. The summed E-state index contributed by atoms with van der Waals surface area (Å²) in [7, 11) is 0. The topological polar surface area (TPSA) is 127 Å². The molecule has 9 heteroatoms. The molecule has 1 unspecified atom stereocenters. The number of rotatable bonds is 10. The van der Waals surface area contributed by atoms with Crippen LogP contribution in [0.2, 0.25) is 0 Å². The second-order valence-corrected chi connectivity index (χ2v) is 10.1. The summed E-state index contributed by atoms with van der Waals surface area (Å²) in [5, 5.41) is 22.1. The van der Waals surface area contributed by atoms with Crippen molar-refractivity contribution in [1.29, 1.82) is 0 Å². The molecule has 0 aromatic heterocycles. The first kappa shape index (κ1) is 27.5. The Kier molecular flexibility index (Phi) is 9.25. The van der Waals surface area contributed by atoms with Crippen LogP contribution < -0.4 is 5.32 Å². The first-order chi connectivity index (χ1) is 18.3. The maximum Gasteiger partial charge on any atom is 0.326 e. The van der Waals surface area contributed by atoms with E-state index in [1.165, 1.54) is 4.90 Å². The lowest BCUT2D eigenvalue weighted by Crippen LogP contribution is -2.56. The number of nitrogens with zero attached hydrogens (tertiary/aromatic N) is 2. The van der Waals surface area contributed by atoms with E-state index in [9.17, 15) is 29.4 Å². The molecule has 38 heavy (non-hydrogen) atoms. The van der Waals surface area contributed by atoms with Gasteiger partial charge >= 0.3 is 5.97 Å². The van der Waals surface area contributed by atoms with Gasteiger partial charge in [-0.25, -0.2) is 4.79 Å². The highest BCUT2D eigenvalue weighted by molar-refractivity contribution is 5.98. The van der Waals surface area contributed by atoms with Crippen molar-refractivity contribution in [3.63, 3.8) is 0 Å². The molecule has 9 nitrogen and oxygen atoms in total. The Morgan fingerprint density at radius 1 is 0.921 bits per heavy atom. The molecular formula is C29H35N3O6. The van der Waals surface area contributed by atoms with Crippen molar-refractivity contribution in [2.75, 3.05) is 19.6 Å². The minimum Gasteiger partial charge on any atom is -0.480 e. The van der Waals surface area contributed by atoms with Crippen molar-refractivity contribution in [1.82, 2.24) is 15.1 Å². The van der Waals surface area contributed by atoms with E-state index < -0.39 is 24.0 Å². The fourth-order valence-corrected chi connectivity index (χ4v) is 5.13. The number of aliphatic carboxylic acids is 1. The van der Waals surface area contributed by atoms with Gasteiger partial charge in [0.15, 0.2) is 5.78 Å². The average Bonchev–Trinajstić information content (AvgIpc) is 2.94. The number of carboxylic acids is 1. The summed E-state index contributed by atoms with van der Waals surface area (Å²) in [5.41, 5.74) is 2.41. The van der Waals surface area contributed by atoms with Crippen LogP contribution in [0.4, 0.5) is 0 Å². The van der Waals surface area contributed by atoms with Gasteiger partial charge in [0.2, 0.25) is 11.8 Å². The molecule has 2 aliphatic heterocycles. The van der Waals surface area contributed by atoms with E-state index in [0.717, 1.165) is 11.1 Å². The molecule has 2 heterocycles. The maximum absolute atomic E-state index is 13.4. The van der Waals surface area contributed by atoms with Crippen LogP contribution in [-0.4, -0.2) is 81.4 Å². The predicted octanol–water partition coefficient (Wildman–Crippen LogP) is 2.02. The van der Waals surface area contributed by atoms with Gasteiger partial charge in [-0.2, -0.15) is 0 Å². The minimum absolute atomic E-state index is 0.0254.